The molecule has 7 heteroatoms. The number of hydrogen-bond acceptors (Lipinski definition) is 4. The van der Waals surface area contributed by atoms with Gasteiger partial charge in [0.1, 0.15) is 6.61 Å². The zero-order valence-electron chi connectivity index (χ0n) is 13.8. The van der Waals surface area contributed by atoms with E-state index in [-0.39, 0.29) is 4.90 Å². The number of carbonyl (C=O) groups is 1. The number of aliphatic hydroxyl groups excluding tert-OH is 1. The van der Waals surface area contributed by atoms with Gasteiger partial charge in [-0.05, 0) is 50.1 Å². The molecule has 24 heavy (non-hydrogen) atoms. The molecule has 0 radical (unpaired) electrons. The first-order chi connectivity index (χ1) is 11.2. The van der Waals surface area contributed by atoms with E-state index >= 15 is 0 Å². The topological polar surface area (TPSA) is 95.5 Å². The molecule has 0 saturated heterocycles. The van der Waals surface area contributed by atoms with Crippen molar-refractivity contribution in [3.8, 4) is 0 Å². The van der Waals surface area contributed by atoms with Crippen LogP contribution in [0.1, 0.15) is 16.7 Å². The summed E-state index contributed by atoms with van der Waals surface area (Å²) in [4.78, 5) is 11.5. The summed E-state index contributed by atoms with van der Waals surface area (Å²) in [6.45, 7) is 4.79. The van der Waals surface area contributed by atoms with Gasteiger partial charge in [-0.1, -0.05) is 23.8 Å². The van der Waals surface area contributed by atoms with Gasteiger partial charge >= 0.3 is 0 Å². The first-order valence-corrected chi connectivity index (χ1v) is 8.82. The Morgan fingerprint density at radius 1 is 1.04 bits per heavy atom. The van der Waals surface area contributed by atoms with Crippen LogP contribution in [0, 0.1) is 20.8 Å². The number of sulfonamides is 1. The smallest absolute Gasteiger partial charge is 0.262 e. The molecule has 128 valence electrons. The molecule has 0 heterocycles. The normalized spacial score (nSPS) is 11.2. The van der Waals surface area contributed by atoms with Crippen LogP contribution in [-0.4, -0.2) is 26.0 Å². The highest BCUT2D eigenvalue weighted by Gasteiger charge is 2.20. The van der Waals surface area contributed by atoms with Crippen molar-refractivity contribution in [3.63, 3.8) is 0 Å². The van der Waals surface area contributed by atoms with Crippen LogP contribution in [0.5, 0.6) is 0 Å². The summed E-state index contributed by atoms with van der Waals surface area (Å²) in [6, 6.07) is 9.93. The van der Waals surface area contributed by atoms with Crippen molar-refractivity contribution < 1.29 is 18.3 Å². The number of aliphatic hydroxyl groups is 1. The summed E-state index contributed by atoms with van der Waals surface area (Å²) in [5.41, 5.74) is 3.06. The summed E-state index contributed by atoms with van der Waals surface area (Å²) < 4.78 is 27.9. The predicted octanol–water partition coefficient (Wildman–Crippen LogP) is 2.34. The Labute approximate surface area is 141 Å². The summed E-state index contributed by atoms with van der Waals surface area (Å²) >= 11 is 0. The molecular weight excluding hydrogens is 328 g/mol. The van der Waals surface area contributed by atoms with Gasteiger partial charge in [-0.2, -0.15) is 0 Å². The summed E-state index contributed by atoms with van der Waals surface area (Å²) in [5, 5.41) is 11.2. The first kappa shape index (κ1) is 18.0. The number of aryl methyl sites for hydroxylation is 3. The number of amides is 1. The number of carbonyl (C=O) groups excluding carboxylic acids is 1. The van der Waals surface area contributed by atoms with Crippen LogP contribution in [0.25, 0.3) is 0 Å². The van der Waals surface area contributed by atoms with E-state index in [4.69, 9.17) is 5.11 Å². The van der Waals surface area contributed by atoms with Gasteiger partial charge in [0.15, 0.2) is 0 Å². The number of nitrogens with one attached hydrogen (secondary N) is 2. The van der Waals surface area contributed by atoms with Crippen molar-refractivity contribution in [1.29, 1.82) is 0 Å². The standard InChI is InChI=1S/C17H20N2O4S/c1-11-7-12(2)17(13(3)8-11)24(22,23)19-15-6-4-5-14(9-15)18-16(21)10-20/h4-9,19-20H,10H2,1-3H3,(H,18,21). The van der Waals surface area contributed by atoms with E-state index in [0.29, 0.717) is 22.5 Å². The molecule has 6 nitrogen and oxygen atoms in total. The van der Waals surface area contributed by atoms with Gasteiger partial charge < -0.3 is 10.4 Å². The summed E-state index contributed by atoms with van der Waals surface area (Å²) in [5.74, 6) is -0.569. The minimum Gasteiger partial charge on any atom is -0.387 e. The average molecular weight is 348 g/mol. The van der Waals surface area contributed by atoms with Gasteiger partial charge in [-0.25, -0.2) is 8.42 Å². The van der Waals surface area contributed by atoms with Crippen LogP contribution in [-0.2, 0) is 14.8 Å². The average Bonchev–Trinajstić information content (AvgIpc) is 2.45. The van der Waals surface area contributed by atoms with Gasteiger partial charge in [0.25, 0.3) is 10.0 Å². The highest BCUT2D eigenvalue weighted by atomic mass is 32.2. The van der Waals surface area contributed by atoms with Crippen LogP contribution in [0.15, 0.2) is 41.3 Å². The fourth-order valence-electron chi connectivity index (χ4n) is 2.66. The molecule has 2 rings (SSSR count). The Balaban J connectivity index is 2.34. The van der Waals surface area contributed by atoms with E-state index in [0.717, 1.165) is 5.56 Å². The predicted molar refractivity (Wildman–Crippen MR) is 93.6 cm³/mol. The molecule has 0 unspecified atom stereocenters. The number of rotatable bonds is 5. The van der Waals surface area contributed by atoms with E-state index in [1.54, 1.807) is 32.0 Å². The second kappa shape index (κ2) is 7.02. The maximum absolute atomic E-state index is 12.7. The van der Waals surface area contributed by atoms with E-state index in [9.17, 15) is 13.2 Å². The molecule has 2 aromatic carbocycles. The van der Waals surface area contributed by atoms with Crippen LogP contribution in [0.4, 0.5) is 11.4 Å². The van der Waals surface area contributed by atoms with Crippen LogP contribution in [0.3, 0.4) is 0 Å². The molecule has 3 N–H and O–H groups in total. The molecular formula is C17H20N2O4S. The van der Waals surface area contributed by atoms with Gasteiger partial charge in [-0.15, -0.1) is 0 Å². The van der Waals surface area contributed by atoms with Crippen LogP contribution in [0.2, 0.25) is 0 Å². The fourth-order valence-corrected chi connectivity index (χ4v) is 4.16. The lowest BCUT2D eigenvalue weighted by Crippen LogP contribution is -2.17. The molecule has 0 atom stereocenters. The summed E-state index contributed by atoms with van der Waals surface area (Å²) in [7, 11) is -3.75. The van der Waals surface area contributed by atoms with Crippen LogP contribution < -0.4 is 10.0 Å². The molecule has 0 aliphatic heterocycles. The Hall–Kier alpha value is -2.38. The van der Waals surface area contributed by atoms with Crippen LogP contribution >= 0.6 is 0 Å². The third-order valence-corrected chi connectivity index (χ3v) is 5.10. The van der Waals surface area contributed by atoms with Gasteiger partial charge in [0, 0.05) is 5.69 Å². The Kier molecular flexibility index (Phi) is 5.26. The molecule has 0 spiro atoms. The third-order valence-electron chi connectivity index (χ3n) is 3.42. The minimum atomic E-state index is -3.75. The third kappa shape index (κ3) is 4.12. The quantitative estimate of drug-likeness (QED) is 0.773. The maximum atomic E-state index is 12.7. The van der Waals surface area contributed by atoms with Gasteiger partial charge in [0.05, 0.1) is 10.6 Å². The SMILES string of the molecule is Cc1cc(C)c(S(=O)(=O)Nc2cccc(NC(=O)CO)c2)c(C)c1. The number of hydrogen-bond donors (Lipinski definition) is 3. The van der Waals surface area contributed by atoms with E-state index in [1.165, 1.54) is 6.07 Å². The van der Waals surface area contributed by atoms with Crippen molar-refractivity contribution >= 4 is 27.3 Å². The van der Waals surface area contributed by atoms with E-state index in [1.807, 2.05) is 19.1 Å². The lowest BCUT2D eigenvalue weighted by molar-refractivity contribution is -0.118. The molecule has 1 amide bonds. The Morgan fingerprint density at radius 3 is 2.21 bits per heavy atom. The highest BCUT2D eigenvalue weighted by molar-refractivity contribution is 7.92. The largest absolute Gasteiger partial charge is 0.387 e. The van der Waals surface area contributed by atoms with E-state index in [2.05, 4.69) is 10.0 Å². The van der Waals surface area contributed by atoms with Gasteiger partial charge in [0.2, 0.25) is 5.91 Å². The van der Waals surface area contributed by atoms with Crippen molar-refractivity contribution in [2.24, 2.45) is 0 Å². The number of benzene rings is 2. The first-order valence-electron chi connectivity index (χ1n) is 7.34. The van der Waals surface area contributed by atoms with Crippen molar-refractivity contribution in [3.05, 3.63) is 53.1 Å². The minimum absolute atomic E-state index is 0.248. The van der Waals surface area contributed by atoms with Crippen molar-refractivity contribution in [2.75, 3.05) is 16.6 Å². The molecule has 0 saturated carbocycles. The second-order valence-corrected chi connectivity index (χ2v) is 7.24. The highest BCUT2D eigenvalue weighted by Crippen LogP contribution is 2.25. The molecule has 0 fully saturated rings. The Bertz CT molecular complexity index is 853. The molecule has 0 bridgehead atoms. The van der Waals surface area contributed by atoms with Gasteiger partial charge in [-0.3, -0.25) is 9.52 Å². The zero-order chi connectivity index (χ0) is 17.9. The lowest BCUT2D eigenvalue weighted by Gasteiger charge is -2.14. The molecule has 2 aromatic rings. The summed E-state index contributed by atoms with van der Waals surface area (Å²) in [6.07, 6.45) is 0. The zero-order valence-corrected chi connectivity index (χ0v) is 14.6. The van der Waals surface area contributed by atoms with Crippen molar-refractivity contribution in [1.82, 2.24) is 0 Å². The monoisotopic (exact) mass is 348 g/mol. The number of anilines is 2. The van der Waals surface area contributed by atoms with E-state index < -0.39 is 22.5 Å². The lowest BCUT2D eigenvalue weighted by atomic mass is 10.1. The maximum Gasteiger partial charge on any atom is 0.262 e. The second-order valence-electron chi connectivity index (χ2n) is 5.62. The molecule has 0 aromatic heterocycles. The van der Waals surface area contributed by atoms with Crippen molar-refractivity contribution in [2.45, 2.75) is 25.7 Å². The molecule has 0 aliphatic carbocycles. The Morgan fingerprint density at radius 2 is 1.62 bits per heavy atom. The fraction of sp³-hybridized carbons (Fsp3) is 0.235. The molecule has 0 aliphatic rings.